The molecule has 1 saturated heterocycles. The summed E-state index contributed by atoms with van der Waals surface area (Å²) in [5, 5.41) is 4.81. The molecule has 0 aliphatic carbocycles. The highest BCUT2D eigenvalue weighted by atomic mass is 16.5. The van der Waals surface area contributed by atoms with E-state index in [1.165, 1.54) is 0 Å². The van der Waals surface area contributed by atoms with Gasteiger partial charge in [0.15, 0.2) is 0 Å². The van der Waals surface area contributed by atoms with Gasteiger partial charge in [-0.2, -0.15) is 5.10 Å². The zero-order valence-corrected chi connectivity index (χ0v) is 20.5. The van der Waals surface area contributed by atoms with Crippen LogP contribution in [0.3, 0.4) is 0 Å². The molecule has 8 heteroatoms. The van der Waals surface area contributed by atoms with E-state index in [1.807, 2.05) is 94.5 Å². The number of nitrogens with zero attached hydrogens (tertiary/aromatic N) is 4. The van der Waals surface area contributed by atoms with Crippen LogP contribution in [0.1, 0.15) is 29.2 Å². The van der Waals surface area contributed by atoms with Crippen molar-refractivity contribution in [1.82, 2.24) is 24.2 Å². The second-order valence-electron chi connectivity index (χ2n) is 9.24. The Morgan fingerprint density at radius 3 is 2.51 bits per heavy atom. The molecule has 6 rings (SSSR count). The van der Waals surface area contributed by atoms with Crippen LogP contribution in [0.15, 0.2) is 89.9 Å². The highest BCUT2D eigenvalue weighted by Crippen LogP contribution is 2.30. The molecule has 3 heterocycles. The van der Waals surface area contributed by atoms with E-state index in [9.17, 15) is 9.59 Å². The topological polar surface area (TPSA) is 85.2 Å². The zero-order chi connectivity index (χ0) is 25.4. The predicted octanol–water partition coefficient (Wildman–Crippen LogP) is 4.67. The molecule has 37 heavy (non-hydrogen) atoms. The van der Waals surface area contributed by atoms with Crippen LogP contribution in [0.5, 0.6) is 5.75 Å². The van der Waals surface area contributed by atoms with Crippen molar-refractivity contribution in [3.05, 3.63) is 101 Å². The highest BCUT2D eigenvalue weighted by Gasteiger charge is 2.29. The van der Waals surface area contributed by atoms with Crippen LogP contribution in [0.25, 0.3) is 28.0 Å². The lowest BCUT2D eigenvalue weighted by molar-refractivity contribution is 0.0695. The number of aromatic nitrogens is 4. The minimum Gasteiger partial charge on any atom is -0.497 e. The normalized spacial score (nSPS) is 14.2. The first kappa shape index (κ1) is 22.8. The fourth-order valence-corrected chi connectivity index (χ4v) is 5.16. The van der Waals surface area contributed by atoms with Crippen LogP contribution < -0.4 is 10.4 Å². The number of ether oxygens (including phenoxy) is 1. The van der Waals surface area contributed by atoms with Crippen molar-refractivity contribution in [2.24, 2.45) is 0 Å². The van der Waals surface area contributed by atoms with E-state index in [0.29, 0.717) is 42.9 Å². The molecule has 5 aromatic rings. The van der Waals surface area contributed by atoms with Crippen LogP contribution in [0, 0.1) is 0 Å². The molecule has 0 spiro atoms. The second kappa shape index (κ2) is 9.46. The summed E-state index contributed by atoms with van der Waals surface area (Å²) >= 11 is 0. The Hall–Kier alpha value is -4.59. The number of carbonyl (C=O) groups is 1. The standard InChI is InChI=1S/C29H27N5O3/c1-37-23-11-7-8-20(18-23)27-24(19-33(31-27)21-9-3-2-4-10-21)28(35)32-16-14-22(15-17-32)34-26-13-6-5-12-25(26)30-29(34)36/h2-13,18-19,22H,14-17H2,1H3,(H,30,36). The van der Waals surface area contributed by atoms with Gasteiger partial charge in [0, 0.05) is 30.9 Å². The monoisotopic (exact) mass is 493 g/mol. The minimum atomic E-state index is -0.101. The molecule has 3 aromatic carbocycles. The lowest BCUT2D eigenvalue weighted by Gasteiger charge is -2.32. The fraction of sp³-hybridized carbons (Fsp3) is 0.207. The van der Waals surface area contributed by atoms with E-state index >= 15 is 0 Å². The molecule has 1 fully saturated rings. The van der Waals surface area contributed by atoms with E-state index in [4.69, 9.17) is 9.84 Å². The number of piperidine rings is 1. The van der Waals surface area contributed by atoms with Crippen molar-refractivity contribution >= 4 is 16.9 Å². The van der Waals surface area contributed by atoms with E-state index in [-0.39, 0.29) is 17.6 Å². The van der Waals surface area contributed by atoms with Crippen molar-refractivity contribution in [2.45, 2.75) is 18.9 Å². The van der Waals surface area contributed by atoms with Gasteiger partial charge in [-0.15, -0.1) is 0 Å². The third kappa shape index (κ3) is 4.20. The van der Waals surface area contributed by atoms with Crippen molar-refractivity contribution < 1.29 is 9.53 Å². The van der Waals surface area contributed by atoms with Crippen LogP contribution in [-0.2, 0) is 0 Å². The van der Waals surface area contributed by atoms with Gasteiger partial charge in [0.05, 0.1) is 29.4 Å². The van der Waals surface area contributed by atoms with Gasteiger partial charge in [0.25, 0.3) is 5.91 Å². The van der Waals surface area contributed by atoms with Crippen LogP contribution in [0.4, 0.5) is 0 Å². The molecule has 0 radical (unpaired) electrons. The summed E-state index contributed by atoms with van der Waals surface area (Å²) in [6.45, 7) is 1.12. The summed E-state index contributed by atoms with van der Waals surface area (Å²) < 4.78 is 9.00. The number of nitrogens with one attached hydrogen (secondary N) is 1. The van der Waals surface area contributed by atoms with Crippen LogP contribution >= 0.6 is 0 Å². The van der Waals surface area contributed by atoms with Gasteiger partial charge in [0.2, 0.25) is 0 Å². The number of hydrogen-bond acceptors (Lipinski definition) is 4. The lowest BCUT2D eigenvalue weighted by atomic mass is 10.0. The summed E-state index contributed by atoms with van der Waals surface area (Å²) in [4.78, 5) is 31.3. The summed E-state index contributed by atoms with van der Waals surface area (Å²) in [7, 11) is 1.62. The smallest absolute Gasteiger partial charge is 0.326 e. The molecule has 8 nitrogen and oxygen atoms in total. The molecular weight excluding hydrogens is 466 g/mol. The summed E-state index contributed by atoms with van der Waals surface area (Å²) in [6.07, 6.45) is 3.21. The largest absolute Gasteiger partial charge is 0.497 e. The first-order chi connectivity index (χ1) is 18.1. The number of hydrogen-bond donors (Lipinski definition) is 1. The molecule has 0 unspecified atom stereocenters. The SMILES string of the molecule is COc1cccc(-c2nn(-c3ccccc3)cc2C(=O)N2CCC(n3c(=O)[nH]c4ccccc43)CC2)c1. The fourth-order valence-electron chi connectivity index (χ4n) is 5.16. The first-order valence-electron chi connectivity index (χ1n) is 12.4. The maximum atomic E-state index is 13.8. The predicted molar refractivity (Wildman–Crippen MR) is 142 cm³/mol. The van der Waals surface area contributed by atoms with Crippen molar-refractivity contribution in [1.29, 1.82) is 0 Å². The molecule has 0 saturated carbocycles. The third-order valence-corrected chi connectivity index (χ3v) is 7.05. The van der Waals surface area contributed by atoms with Crippen LogP contribution in [-0.4, -0.2) is 50.3 Å². The number of aromatic amines is 1. The maximum absolute atomic E-state index is 13.8. The van der Waals surface area contributed by atoms with Gasteiger partial charge in [-0.05, 0) is 49.2 Å². The van der Waals surface area contributed by atoms with Gasteiger partial charge >= 0.3 is 5.69 Å². The van der Waals surface area contributed by atoms with E-state index in [2.05, 4.69) is 4.98 Å². The number of benzene rings is 3. The quantitative estimate of drug-likeness (QED) is 0.386. The minimum absolute atomic E-state index is 0.0394. The lowest BCUT2D eigenvalue weighted by Crippen LogP contribution is -2.40. The van der Waals surface area contributed by atoms with Crippen molar-refractivity contribution in [3.63, 3.8) is 0 Å². The van der Waals surface area contributed by atoms with E-state index in [0.717, 1.165) is 22.3 Å². The Bertz CT molecular complexity index is 1620. The third-order valence-electron chi connectivity index (χ3n) is 7.05. The summed E-state index contributed by atoms with van der Waals surface area (Å²) in [5.74, 6) is 0.639. The van der Waals surface area contributed by atoms with Crippen molar-refractivity contribution in [3.8, 4) is 22.7 Å². The van der Waals surface area contributed by atoms with Gasteiger partial charge in [-0.1, -0.05) is 42.5 Å². The molecule has 1 aliphatic heterocycles. The molecule has 2 aromatic heterocycles. The number of rotatable bonds is 5. The Kier molecular flexibility index (Phi) is 5.84. The molecule has 1 aliphatic rings. The number of likely N-dealkylation sites (tertiary alicyclic amines) is 1. The number of amides is 1. The molecule has 1 N–H and O–H groups in total. The molecule has 186 valence electrons. The number of fused-ring (bicyclic) bond motifs is 1. The molecular formula is C29H27N5O3. The van der Waals surface area contributed by atoms with Crippen LogP contribution in [0.2, 0.25) is 0 Å². The summed E-state index contributed by atoms with van der Waals surface area (Å²) in [6, 6.07) is 25.1. The first-order valence-corrected chi connectivity index (χ1v) is 12.4. The van der Waals surface area contributed by atoms with Crippen molar-refractivity contribution in [2.75, 3.05) is 20.2 Å². The number of imidazole rings is 1. The van der Waals surface area contributed by atoms with E-state index in [1.54, 1.807) is 11.8 Å². The molecule has 1 amide bonds. The van der Waals surface area contributed by atoms with Gasteiger partial charge in [-0.25, -0.2) is 9.48 Å². The number of methoxy groups -OCH3 is 1. The second-order valence-corrected chi connectivity index (χ2v) is 9.24. The molecule has 0 bridgehead atoms. The molecule has 0 atom stereocenters. The Morgan fingerprint density at radius 1 is 0.973 bits per heavy atom. The van der Waals surface area contributed by atoms with Gasteiger partial charge in [-0.3, -0.25) is 9.36 Å². The van der Waals surface area contributed by atoms with Gasteiger partial charge in [0.1, 0.15) is 11.4 Å². The zero-order valence-electron chi connectivity index (χ0n) is 20.5. The Balaban J connectivity index is 1.30. The number of carbonyl (C=O) groups excluding carboxylic acids is 1. The average molecular weight is 494 g/mol. The number of para-hydroxylation sites is 3. The Labute approximate surface area is 213 Å². The average Bonchev–Trinajstić information content (AvgIpc) is 3.54. The Morgan fingerprint density at radius 2 is 1.73 bits per heavy atom. The highest BCUT2D eigenvalue weighted by molar-refractivity contribution is 6.00. The van der Waals surface area contributed by atoms with E-state index < -0.39 is 0 Å². The summed E-state index contributed by atoms with van der Waals surface area (Å²) in [5.41, 5.74) is 4.49. The number of H-pyrrole nitrogens is 1. The van der Waals surface area contributed by atoms with Gasteiger partial charge < -0.3 is 14.6 Å². The maximum Gasteiger partial charge on any atom is 0.326 e.